The molecule has 0 amide bonds. The molecule has 108 valence electrons. The molecule has 0 radical (unpaired) electrons. The zero-order valence-electron chi connectivity index (χ0n) is 11.1. The van der Waals surface area contributed by atoms with Gasteiger partial charge in [0.25, 0.3) is 0 Å². The van der Waals surface area contributed by atoms with Crippen molar-refractivity contribution >= 4 is 29.2 Å². The van der Waals surface area contributed by atoms with Gasteiger partial charge in [-0.15, -0.1) is 0 Å². The van der Waals surface area contributed by atoms with E-state index in [0.717, 1.165) is 0 Å². The smallest absolute Gasteiger partial charge is 0.220 e. The molecule has 0 atom stereocenters. The number of halogens is 2. The molecule has 1 aromatic carbocycles. The molecule has 0 aliphatic heterocycles. The summed E-state index contributed by atoms with van der Waals surface area (Å²) in [6, 6.07) is 10.6. The lowest BCUT2D eigenvalue weighted by molar-refractivity contribution is 1.18. The molecular weight excluding hydrogens is 321 g/mol. The molecular formula is C15H9Cl2N5. The second-order valence-electron chi connectivity index (χ2n) is 4.51. The van der Waals surface area contributed by atoms with Crippen LogP contribution in [0.5, 0.6) is 0 Å². The number of anilines is 1. The Kier molecular flexibility index (Phi) is 3.72. The highest BCUT2D eigenvalue weighted by Gasteiger charge is 2.15. The van der Waals surface area contributed by atoms with Crippen LogP contribution < -0.4 is 5.73 Å². The van der Waals surface area contributed by atoms with Crippen LogP contribution in [0.3, 0.4) is 0 Å². The van der Waals surface area contributed by atoms with Gasteiger partial charge in [0.15, 0.2) is 0 Å². The SMILES string of the molecule is N#Cc1cc(-c2ccnc(N)n2)[nH]c1-c1ccc(Cl)cc1Cl. The Morgan fingerprint density at radius 1 is 1.18 bits per heavy atom. The number of nitrogens with two attached hydrogens (primary N) is 1. The first-order valence-corrected chi connectivity index (χ1v) is 7.01. The molecule has 2 aromatic heterocycles. The number of aromatic amines is 1. The summed E-state index contributed by atoms with van der Waals surface area (Å²) in [5, 5.41) is 10.3. The van der Waals surface area contributed by atoms with Gasteiger partial charge in [0.2, 0.25) is 5.95 Å². The molecule has 0 bridgehead atoms. The first-order valence-electron chi connectivity index (χ1n) is 6.26. The van der Waals surface area contributed by atoms with Gasteiger partial charge in [-0.05, 0) is 30.3 Å². The lowest BCUT2D eigenvalue weighted by Gasteiger charge is -2.03. The number of aromatic nitrogens is 3. The molecule has 0 fully saturated rings. The van der Waals surface area contributed by atoms with E-state index in [1.807, 2.05) is 0 Å². The summed E-state index contributed by atoms with van der Waals surface area (Å²) in [6.45, 7) is 0. The van der Waals surface area contributed by atoms with Gasteiger partial charge in [-0.25, -0.2) is 9.97 Å². The van der Waals surface area contributed by atoms with E-state index >= 15 is 0 Å². The fourth-order valence-corrected chi connectivity index (χ4v) is 2.61. The second-order valence-corrected chi connectivity index (χ2v) is 5.35. The molecule has 0 unspecified atom stereocenters. The average Bonchev–Trinajstić information content (AvgIpc) is 2.91. The van der Waals surface area contributed by atoms with Crippen molar-refractivity contribution in [3.8, 4) is 28.7 Å². The number of hydrogen-bond acceptors (Lipinski definition) is 4. The van der Waals surface area contributed by atoms with Gasteiger partial charge in [0.05, 0.1) is 27.7 Å². The number of nitriles is 1. The molecule has 0 aliphatic carbocycles. The number of rotatable bonds is 2. The van der Waals surface area contributed by atoms with Gasteiger partial charge in [-0.2, -0.15) is 5.26 Å². The Balaban J connectivity index is 2.15. The largest absolute Gasteiger partial charge is 0.368 e. The molecule has 7 heteroatoms. The molecule has 2 heterocycles. The van der Waals surface area contributed by atoms with Crippen molar-refractivity contribution in [1.29, 1.82) is 5.26 Å². The number of nitrogens with zero attached hydrogens (tertiary/aromatic N) is 3. The minimum absolute atomic E-state index is 0.164. The van der Waals surface area contributed by atoms with Crippen molar-refractivity contribution in [2.24, 2.45) is 0 Å². The standard InChI is InChI=1S/C15H9Cl2N5/c16-9-1-2-10(11(17)6-9)14-8(7-18)5-13(21-14)12-3-4-20-15(19)22-12/h1-6,21H,(H2,19,20,22). The second kappa shape index (κ2) is 5.68. The van der Waals surface area contributed by atoms with E-state index in [1.165, 1.54) is 0 Å². The van der Waals surface area contributed by atoms with E-state index in [2.05, 4.69) is 21.0 Å². The Morgan fingerprint density at radius 2 is 2.00 bits per heavy atom. The summed E-state index contributed by atoms with van der Waals surface area (Å²) in [7, 11) is 0. The number of nitrogens with one attached hydrogen (secondary N) is 1. The maximum atomic E-state index is 9.34. The molecule has 3 rings (SSSR count). The van der Waals surface area contributed by atoms with Gasteiger partial charge in [0.1, 0.15) is 6.07 Å². The van der Waals surface area contributed by atoms with Gasteiger partial charge in [0, 0.05) is 16.8 Å². The first kappa shape index (κ1) is 14.4. The summed E-state index contributed by atoms with van der Waals surface area (Å²) in [5.41, 5.74) is 8.60. The van der Waals surface area contributed by atoms with E-state index in [9.17, 15) is 5.26 Å². The highest BCUT2D eigenvalue weighted by atomic mass is 35.5. The topological polar surface area (TPSA) is 91.4 Å². The van der Waals surface area contributed by atoms with Gasteiger partial charge in [-0.3, -0.25) is 0 Å². The van der Waals surface area contributed by atoms with Crippen LogP contribution in [0.1, 0.15) is 5.56 Å². The molecule has 0 aliphatic rings. The van der Waals surface area contributed by atoms with Crippen molar-refractivity contribution in [3.05, 3.63) is 52.1 Å². The normalized spacial score (nSPS) is 10.4. The van der Waals surface area contributed by atoms with Crippen LogP contribution in [-0.4, -0.2) is 15.0 Å². The van der Waals surface area contributed by atoms with E-state index in [1.54, 1.807) is 36.5 Å². The van der Waals surface area contributed by atoms with Crippen LogP contribution in [0.4, 0.5) is 5.95 Å². The molecule has 22 heavy (non-hydrogen) atoms. The minimum atomic E-state index is 0.164. The predicted octanol–water partition coefficient (Wildman–Crippen LogP) is 3.90. The summed E-state index contributed by atoms with van der Waals surface area (Å²) >= 11 is 12.1. The summed E-state index contributed by atoms with van der Waals surface area (Å²) in [4.78, 5) is 11.1. The summed E-state index contributed by atoms with van der Waals surface area (Å²) < 4.78 is 0. The van der Waals surface area contributed by atoms with E-state index in [-0.39, 0.29) is 5.95 Å². The van der Waals surface area contributed by atoms with E-state index in [0.29, 0.717) is 38.3 Å². The third kappa shape index (κ3) is 2.62. The van der Waals surface area contributed by atoms with Crippen molar-refractivity contribution in [1.82, 2.24) is 15.0 Å². The molecule has 0 spiro atoms. The van der Waals surface area contributed by atoms with Gasteiger partial charge in [-0.1, -0.05) is 23.2 Å². The zero-order valence-corrected chi connectivity index (χ0v) is 12.7. The Hall–Kier alpha value is -2.55. The van der Waals surface area contributed by atoms with Gasteiger partial charge < -0.3 is 10.7 Å². The lowest BCUT2D eigenvalue weighted by Crippen LogP contribution is -1.95. The molecule has 0 saturated heterocycles. The zero-order chi connectivity index (χ0) is 15.7. The summed E-state index contributed by atoms with van der Waals surface area (Å²) in [6.07, 6.45) is 1.56. The number of hydrogen-bond donors (Lipinski definition) is 2. The van der Waals surface area contributed by atoms with Crippen LogP contribution in [0, 0.1) is 11.3 Å². The van der Waals surface area contributed by atoms with E-state index in [4.69, 9.17) is 28.9 Å². The predicted molar refractivity (Wildman–Crippen MR) is 86.4 cm³/mol. The van der Waals surface area contributed by atoms with Crippen LogP contribution in [0.15, 0.2) is 36.5 Å². The van der Waals surface area contributed by atoms with Crippen molar-refractivity contribution < 1.29 is 0 Å². The van der Waals surface area contributed by atoms with Crippen LogP contribution in [0.25, 0.3) is 22.6 Å². The quantitative estimate of drug-likeness (QED) is 0.745. The Labute approximate surface area is 136 Å². The fourth-order valence-electron chi connectivity index (χ4n) is 2.11. The van der Waals surface area contributed by atoms with Crippen LogP contribution in [0.2, 0.25) is 10.0 Å². The molecule has 3 aromatic rings. The first-order chi connectivity index (χ1) is 10.6. The van der Waals surface area contributed by atoms with Crippen molar-refractivity contribution in [3.63, 3.8) is 0 Å². The van der Waals surface area contributed by atoms with Crippen molar-refractivity contribution in [2.75, 3.05) is 5.73 Å². The number of nitrogen functional groups attached to an aromatic ring is 1. The third-order valence-corrected chi connectivity index (χ3v) is 3.64. The summed E-state index contributed by atoms with van der Waals surface area (Å²) in [5.74, 6) is 0.164. The number of H-pyrrole nitrogens is 1. The molecule has 5 nitrogen and oxygen atoms in total. The average molecular weight is 330 g/mol. The van der Waals surface area contributed by atoms with Gasteiger partial charge >= 0.3 is 0 Å². The van der Waals surface area contributed by atoms with Crippen LogP contribution >= 0.6 is 23.2 Å². The monoisotopic (exact) mass is 329 g/mol. The Bertz CT molecular complexity index is 895. The third-order valence-electron chi connectivity index (χ3n) is 3.09. The maximum absolute atomic E-state index is 9.34. The molecule has 3 N–H and O–H groups in total. The number of benzene rings is 1. The minimum Gasteiger partial charge on any atom is -0.368 e. The Morgan fingerprint density at radius 3 is 2.68 bits per heavy atom. The highest BCUT2D eigenvalue weighted by Crippen LogP contribution is 2.34. The van der Waals surface area contributed by atoms with Crippen LogP contribution in [-0.2, 0) is 0 Å². The maximum Gasteiger partial charge on any atom is 0.220 e. The molecule has 0 saturated carbocycles. The lowest BCUT2D eigenvalue weighted by atomic mass is 10.1. The van der Waals surface area contributed by atoms with Crippen molar-refractivity contribution in [2.45, 2.75) is 0 Å². The highest BCUT2D eigenvalue weighted by molar-refractivity contribution is 6.36. The fraction of sp³-hybridized carbons (Fsp3) is 0. The van der Waals surface area contributed by atoms with E-state index < -0.39 is 0 Å².